The fourth-order valence-corrected chi connectivity index (χ4v) is 9.14. The number of unbranched alkanes of at least 4 members (excludes halogenated alkanes) is 44. The van der Waals surface area contributed by atoms with E-state index < -0.39 is 24.2 Å². The molecule has 5 heteroatoms. The van der Waals surface area contributed by atoms with E-state index in [1.54, 1.807) is 0 Å². The average Bonchev–Trinajstić information content (AvgIpc) is 3.25. The molecule has 0 rings (SSSR count). The maximum absolute atomic E-state index is 12.6. The maximum atomic E-state index is 12.6. The van der Waals surface area contributed by atoms with Crippen LogP contribution in [-0.2, 0) is 4.79 Å². The minimum absolute atomic E-state index is 0.307. The van der Waals surface area contributed by atoms with Crippen LogP contribution in [0.5, 0.6) is 0 Å². The zero-order valence-corrected chi connectivity index (χ0v) is 41.1. The van der Waals surface area contributed by atoms with Crippen LogP contribution >= 0.6 is 0 Å². The van der Waals surface area contributed by atoms with E-state index in [9.17, 15) is 20.1 Å². The van der Waals surface area contributed by atoms with Gasteiger partial charge in [0.15, 0.2) is 0 Å². The molecule has 3 atom stereocenters. The van der Waals surface area contributed by atoms with Crippen molar-refractivity contribution in [1.82, 2.24) is 5.32 Å². The van der Waals surface area contributed by atoms with Gasteiger partial charge < -0.3 is 20.6 Å². The third kappa shape index (κ3) is 45.4. The molecule has 0 saturated heterocycles. The van der Waals surface area contributed by atoms with Crippen LogP contribution in [0.25, 0.3) is 0 Å². The summed E-state index contributed by atoms with van der Waals surface area (Å²) in [5.74, 6) is -0.462. The zero-order chi connectivity index (χ0) is 43.7. The molecular weight excluding hydrogens is 739 g/mol. The summed E-state index contributed by atoms with van der Waals surface area (Å²) in [6, 6.07) is -0.707. The Bertz CT molecular complexity index is 807. The van der Waals surface area contributed by atoms with Gasteiger partial charge in [-0.3, -0.25) is 4.79 Å². The summed E-state index contributed by atoms with van der Waals surface area (Å²) >= 11 is 0. The van der Waals surface area contributed by atoms with E-state index in [2.05, 4.69) is 19.2 Å². The average molecular weight is 850 g/mol. The fraction of sp³-hybridized carbons (Fsp3) is 0.982. The lowest BCUT2D eigenvalue weighted by Gasteiger charge is -2.23. The standard InChI is InChI=1S/C55H111NO4/c1-3-5-7-9-11-13-15-17-19-21-23-25-26-27-28-29-30-32-34-36-38-40-42-44-46-48-50-54(59)55(60)56-52(51-57)53(58)49-47-45-43-41-39-37-35-33-31-24-22-20-18-16-14-12-10-8-6-4-2/h52-54,57-59H,3-51H2,1-2H3,(H,56,60). The molecule has 60 heavy (non-hydrogen) atoms. The first-order valence-corrected chi connectivity index (χ1v) is 27.8. The van der Waals surface area contributed by atoms with Crippen molar-refractivity contribution < 1.29 is 20.1 Å². The molecule has 0 aliphatic carbocycles. The van der Waals surface area contributed by atoms with E-state index >= 15 is 0 Å². The number of amides is 1. The predicted octanol–water partition coefficient (Wildman–Crippen LogP) is 16.9. The van der Waals surface area contributed by atoms with Crippen molar-refractivity contribution in [3.8, 4) is 0 Å². The van der Waals surface area contributed by atoms with E-state index in [1.165, 1.54) is 263 Å². The van der Waals surface area contributed by atoms with E-state index in [-0.39, 0.29) is 6.61 Å². The number of carbonyl (C=O) groups excluding carboxylic acids is 1. The van der Waals surface area contributed by atoms with Crippen LogP contribution < -0.4 is 5.32 Å². The Morgan fingerprint density at radius 1 is 0.333 bits per heavy atom. The number of rotatable bonds is 52. The summed E-state index contributed by atoms with van der Waals surface area (Å²) in [5.41, 5.74) is 0. The second kappa shape index (κ2) is 51.0. The van der Waals surface area contributed by atoms with Gasteiger partial charge in [-0.05, 0) is 12.8 Å². The van der Waals surface area contributed by atoms with Gasteiger partial charge in [0.2, 0.25) is 5.91 Å². The predicted molar refractivity (Wildman–Crippen MR) is 264 cm³/mol. The van der Waals surface area contributed by atoms with Crippen molar-refractivity contribution >= 4 is 5.91 Å². The first-order chi connectivity index (χ1) is 29.6. The second-order valence-electron chi connectivity index (χ2n) is 19.5. The summed E-state index contributed by atoms with van der Waals surface area (Å²) in [5, 5.41) is 33.5. The molecule has 0 spiro atoms. The Morgan fingerprint density at radius 2 is 0.533 bits per heavy atom. The van der Waals surface area contributed by atoms with Gasteiger partial charge in [-0.1, -0.05) is 309 Å². The lowest BCUT2D eigenvalue weighted by Crippen LogP contribution is -2.49. The molecule has 0 saturated carbocycles. The van der Waals surface area contributed by atoms with Gasteiger partial charge in [-0.2, -0.15) is 0 Å². The van der Waals surface area contributed by atoms with Crippen LogP contribution in [0.3, 0.4) is 0 Å². The Kier molecular flexibility index (Phi) is 50.4. The summed E-state index contributed by atoms with van der Waals surface area (Å²) in [7, 11) is 0. The highest BCUT2D eigenvalue weighted by atomic mass is 16.3. The van der Waals surface area contributed by atoms with Crippen molar-refractivity contribution in [2.75, 3.05) is 6.61 Å². The van der Waals surface area contributed by atoms with Crippen molar-refractivity contribution in [2.24, 2.45) is 0 Å². The molecular formula is C55H111NO4. The summed E-state index contributed by atoms with van der Waals surface area (Å²) < 4.78 is 0. The van der Waals surface area contributed by atoms with E-state index in [0.717, 1.165) is 32.1 Å². The molecule has 1 amide bonds. The van der Waals surface area contributed by atoms with Gasteiger partial charge in [0.1, 0.15) is 6.10 Å². The van der Waals surface area contributed by atoms with Gasteiger partial charge >= 0.3 is 0 Å². The Labute approximate surface area is 377 Å². The van der Waals surface area contributed by atoms with E-state index in [4.69, 9.17) is 0 Å². The third-order valence-corrected chi connectivity index (χ3v) is 13.5. The topological polar surface area (TPSA) is 89.8 Å². The summed E-state index contributed by atoms with van der Waals surface area (Å²) in [6.45, 7) is 4.28. The smallest absolute Gasteiger partial charge is 0.249 e. The van der Waals surface area contributed by atoms with Crippen LogP contribution in [0.1, 0.15) is 322 Å². The number of hydrogen-bond acceptors (Lipinski definition) is 4. The summed E-state index contributed by atoms with van der Waals surface area (Å²) in [4.78, 5) is 12.6. The van der Waals surface area contributed by atoms with Crippen LogP contribution in [0, 0.1) is 0 Å². The Balaban J connectivity index is 3.49. The highest BCUT2D eigenvalue weighted by Crippen LogP contribution is 2.18. The van der Waals surface area contributed by atoms with Crippen molar-refractivity contribution in [2.45, 2.75) is 340 Å². The molecule has 0 aromatic carbocycles. The number of aliphatic hydroxyl groups excluding tert-OH is 3. The van der Waals surface area contributed by atoms with Crippen LogP contribution in [0.15, 0.2) is 0 Å². The zero-order valence-electron chi connectivity index (χ0n) is 41.1. The molecule has 3 unspecified atom stereocenters. The van der Waals surface area contributed by atoms with E-state index in [1.807, 2.05) is 0 Å². The second-order valence-corrected chi connectivity index (χ2v) is 19.5. The molecule has 0 bridgehead atoms. The number of carbonyl (C=O) groups is 1. The largest absolute Gasteiger partial charge is 0.394 e. The lowest BCUT2D eigenvalue weighted by atomic mass is 10.0. The van der Waals surface area contributed by atoms with Crippen molar-refractivity contribution in [1.29, 1.82) is 0 Å². The first kappa shape index (κ1) is 59.4. The Hall–Kier alpha value is -0.650. The highest BCUT2D eigenvalue weighted by Gasteiger charge is 2.23. The number of nitrogens with one attached hydrogen (secondary N) is 1. The van der Waals surface area contributed by atoms with Gasteiger partial charge in [-0.15, -0.1) is 0 Å². The molecule has 5 nitrogen and oxygen atoms in total. The molecule has 0 aromatic heterocycles. The quantitative estimate of drug-likeness (QED) is 0.0459. The molecule has 0 heterocycles. The van der Waals surface area contributed by atoms with Crippen molar-refractivity contribution in [3.63, 3.8) is 0 Å². The molecule has 0 aromatic rings. The molecule has 0 radical (unpaired) electrons. The SMILES string of the molecule is CCCCCCCCCCCCCCCCCCCCCCCCCCCCC(O)C(=O)NC(CO)C(O)CCCCCCCCCCCCCCCCCCCCCC. The van der Waals surface area contributed by atoms with Crippen LogP contribution in [0.2, 0.25) is 0 Å². The monoisotopic (exact) mass is 850 g/mol. The highest BCUT2D eigenvalue weighted by molar-refractivity contribution is 5.80. The third-order valence-electron chi connectivity index (χ3n) is 13.5. The van der Waals surface area contributed by atoms with Crippen LogP contribution in [0.4, 0.5) is 0 Å². The number of aliphatic hydroxyl groups is 3. The van der Waals surface area contributed by atoms with Gasteiger partial charge in [-0.25, -0.2) is 0 Å². The van der Waals surface area contributed by atoms with E-state index in [0.29, 0.717) is 12.8 Å². The molecule has 0 fully saturated rings. The Morgan fingerprint density at radius 3 is 0.750 bits per heavy atom. The van der Waals surface area contributed by atoms with Gasteiger partial charge in [0.05, 0.1) is 18.8 Å². The molecule has 0 aliphatic rings. The van der Waals surface area contributed by atoms with Gasteiger partial charge in [0.25, 0.3) is 0 Å². The number of hydrogen-bond donors (Lipinski definition) is 4. The maximum Gasteiger partial charge on any atom is 0.249 e. The molecule has 360 valence electrons. The lowest BCUT2D eigenvalue weighted by molar-refractivity contribution is -0.131. The minimum Gasteiger partial charge on any atom is -0.394 e. The first-order valence-electron chi connectivity index (χ1n) is 27.8. The molecule has 4 N–H and O–H groups in total. The summed E-state index contributed by atoms with van der Waals surface area (Å²) in [6.07, 6.45) is 61.4. The van der Waals surface area contributed by atoms with Gasteiger partial charge in [0, 0.05) is 0 Å². The molecule has 0 aliphatic heterocycles. The van der Waals surface area contributed by atoms with Crippen molar-refractivity contribution in [3.05, 3.63) is 0 Å². The normalized spacial score (nSPS) is 13.2. The fourth-order valence-electron chi connectivity index (χ4n) is 9.14. The van der Waals surface area contributed by atoms with Crippen LogP contribution in [-0.4, -0.2) is 46.1 Å². The minimum atomic E-state index is -1.07.